The number of phosphoric ester groups is 1. The Morgan fingerprint density at radius 3 is 1.32 bits per heavy atom. The first-order valence-corrected chi connectivity index (χ1v) is 25.3. The number of carbonyl (C=O) groups is 4. The molecule has 0 aromatic heterocycles. The first kappa shape index (κ1) is 60.3. The topological polar surface area (TPSA) is 193 Å². The lowest BCUT2D eigenvalue weighted by Crippen LogP contribution is -2.40. The molecule has 0 aliphatic heterocycles. The number of amides is 2. The second kappa shape index (κ2) is 45.3. The number of hydrogen-bond donors (Lipinski definition) is 4. The Morgan fingerprint density at radius 1 is 0.533 bits per heavy atom. The monoisotopic (exact) mass is 898 g/mol. The molecule has 60 heavy (non-hydrogen) atoms. The van der Waals surface area contributed by atoms with Gasteiger partial charge in [-0.3, -0.25) is 28.2 Å². The van der Waals surface area contributed by atoms with E-state index in [1.165, 1.54) is 141 Å². The average molecular weight is 899 g/mol. The number of hydrogen-bond acceptors (Lipinski definition) is 10. The van der Waals surface area contributed by atoms with Crippen LogP contribution in [0.5, 0.6) is 0 Å². The van der Waals surface area contributed by atoms with E-state index in [4.69, 9.17) is 24.3 Å². The summed E-state index contributed by atoms with van der Waals surface area (Å²) in [6, 6.07) is 0. The Bertz CT molecular complexity index is 1070. The van der Waals surface area contributed by atoms with E-state index in [1.807, 2.05) is 0 Å². The number of nitrogens with two attached hydrogens (primary N) is 1. The van der Waals surface area contributed by atoms with Gasteiger partial charge in [-0.25, -0.2) is 4.57 Å². The Labute approximate surface area is 371 Å². The maximum Gasteiger partial charge on any atom is 0.472 e. The SMILES string of the molecule is CCCCCCCCCCCCCCCCCC(=O)OCC(COP(=O)(O)OCCNC(=O)CNC(=O)CN)OC(=O)CCCCCCCCCCCCCCCCC.Cl. The van der Waals surface area contributed by atoms with Gasteiger partial charge in [0, 0.05) is 19.4 Å². The highest BCUT2D eigenvalue weighted by Crippen LogP contribution is 2.43. The van der Waals surface area contributed by atoms with Gasteiger partial charge < -0.3 is 30.7 Å². The summed E-state index contributed by atoms with van der Waals surface area (Å²) in [5.41, 5.74) is 5.18. The molecule has 0 saturated carbocycles. The molecule has 0 spiro atoms. The van der Waals surface area contributed by atoms with Crippen LogP contribution in [0.4, 0.5) is 0 Å². The van der Waals surface area contributed by atoms with E-state index in [0.29, 0.717) is 12.8 Å². The zero-order chi connectivity index (χ0) is 43.5. The molecule has 15 heteroatoms. The predicted octanol–water partition coefficient (Wildman–Crippen LogP) is 10.7. The van der Waals surface area contributed by atoms with Crippen LogP contribution >= 0.6 is 20.2 Å². The van der Waals surface area contributed by atoms with Gasteiger partial charge in [0.25, 0.3) is 0 Å². The first-order valence-electron chi connectivity index (χ1n) is 23.8. The van der Waals surface area contributed by atoms with Gasteiger partial charge in [-0.1, -0.05) is 194 Å². The summed E-state index contributed by atoms with van der Waals surface area (Å²) in [4.78, 5) is 58.4. The molecule has 0 bridgehead atoms. The van der Waals surface area contributed by atoms with Gasteiger partial charge in [-0.15, -0.1) is 12.4 Å². The summed E-state index contributed by atoms with van der Waals surface area (Å²) in [6.07, 6.45) is 36.0. The fourth-order valence-electron chi connectivity index (χ4n) is 6.78. The van der Waals surface area contributed by atoms with Crippen LogP contribution < -0.4 is 16.4 Å². The second-order valence-corrected chi connectivity index (χ2v) is 17.6. The molecular formula is C45H89ClN3O10P. The molecule has 0 heterocycles. The van der Waals surface area contributed by atoms with E-state index in [0.717, 1.165) is 38.5 Å². The van der Waals surface area contributed by atoms with E-state index in [2.05, 4.69) is 24.5 Å². The summed E-state index contributed by atoms with van der Waals surface area (Å²) < 4.78 is 33.5. The van der Waals surface area contributed by atoms with Crippen LogP contribution in [-0.2, 0) is 42.3 Å². The van der Waals surface area contributed by atoms with Crippen LogP contribution in [-0.4, -0.2) is 74.2 Å². The fraction of sp³-hybridized carbons (Fsp3) is 0.911. The third-order valence-electron chi connectivity index (χ3n) is 10.4. The minimum Gasteiger partial charge on any atom is -0.462 e. The smallest absolute Gasteiger partial charge is 0.462 e. The number of ether oxygens (including phenoxy) is 2. The van der Waals surface area contributed by atoms with Crippen LogP contribution in [0.25, 0.3) is 0 Å². The molecule has 0 aliphatic carbocycles. The lowest BCUT2D eigenvalue weighted by Gasteiger charge is -2.20. The highest BCUT2D eigenvalue weighted by atomic mass is 35.5. The van der Waals surface area contributed by atoms with Crippen LogP contribution in [0.2, 0.25) is 0 Å². The maximum absolute atomic E-state index is 12.7. The van der Waals surface area contributed by atoms with Crippen molar-refractivity contribution in [1.29, 1.82) is 0 Å². The molecule has 0 radical (unpaired) electrons. The minimum absolute atomic E-state index is 0. The Hall–Kier alpha value is -1.76. The molecule has 0 rings (SSSR count). The van der Waals surface area contributed by atoms with Gasteiger partial charge in [-0.05, 0) is 12.8 Å². The molecular weight excluding hydrogens is 809 g/mol. The normalized spacial score (nSPS) is 12.6. The van der Waals surface area contributed by atoms with E-state index in [9.17, 15) is 28.6 Å². The largest absolute Gasteiger partial charge is 0.472 e. The summed E-state index contributed by atoms with van der Waals surface area (Å²) in [7, 11) is -4.60. The number of unbranched alkanes of at least 4 members (excludes halogenated alkanes) is 28. The number of rotatable bonds is 45. The van der Waals surface area contributed by atoms with E-state index < -0.39 is 44.3 Å². The minimum atomic E-state index is -4.60. The molecule has 0 fully saturated rings. The Balaban J connectivity index is 0. The van der Waals surface area contributed by atoms with Crippen molar-refractivity contribution in [2.24, 2.45) is 5.73 Å². The van der Waals surface area contributed by atoms with Gasteiger partial charge in [0.15, 0.2) is 6.10 Å². The van der Waals surface area contributed by atoms with Crippen molar-refractivity contribution in [1.82, 2.24) is 10.6 Å². The molecule has 5 N–H and O–H groups in total. The number of halogens is 1. The van der Waals surface area contributed by atoms with Crippen molar-refractivity contribution in [3.05, 3.63) is 0 Å². The maximum atomic E-state index is 12.7. The summed E-state index contributed by atoms with van der Waals surface area (Å²) in [6.45, 7) is 2.63. The summed E-state index contributed by atoms with van der Waals surface area (Å²) in [5.74, 6) is -1.95. The first-order chi connectivity index (χ1) is 28.6. The fourth-order valence-corrected chi connectivity index (χ4v) is 7.53. The van der Waals surface area contributed by atoms with Gasteiger partial charge in [0.05, 0.1) is 26.3 Å². The van der Waals surface area contributed by atoms with Crippen LogP contribution in [0.1, 0.15) is 219 Å². The lowest BCUT2D eigenvalue weighted by molar-refractivity contribution is -0.161. The van der Waals surface area contributed by atoms with Gasteiger partial charge in [0.2, 0.25) is 11.8 Å². The highest BCUT2D eigenvalue weighted by molar-refractivity contribution is 7.47. The molecule has 356 valence electrons. The second-order valence-electron chi connectivity index (χ2n) is 16.1. The van der Waals surface area contributed by atoms with Crippen molar-refractivity contribution in [2.45, 2.75) is 225 Å². The van der Waals surface area contributed by atoms with Crippen molar-refractivity contribution in [3.63, 3.8) is 0 Å². The Kier molecular flexibility index (Phi) is 45.5. The van der Waals surface area contributed by atoms with Crippen molar-refractivity contribution >= 4 is 44.0 Å². The Morgan fingerprint density at radius 2 is 0.917 bits per heavy atom. The van der Waals surface area contributed by atoms with Crippen molar-refractivity contribution < 1.29 is 47.2 Å². The van der Waals surface area contributed by atoms with Gasteiger partial charge in [0.1, 0.15) is 6.61 Å². The standard InChI is InChI=1S/C45H88N3O10P.ClH/c1-3-5-7-9-11-13-15-17-19-21-23-25-27-29-31-33-44(51)55-39-41(40-57-59(53,54)56-36-35-47-43(50)38-48-42(49)37-46)58-45(52)34-32-30-28-26-24-22-20-18-16-14-12-10-8-6-4-2;/h41H,3-40,46H2,1-2H3,(H,47,50)(H,48,49)(H,53,54);1H. The predicted molar refractivity (Wildman–Crippen MR) is 244 cm³/mol. The number of esters is 2. The number of nitrogens with one attached hydrogen (secondary N) is 2. The molecule has 0 saturated heterocycles. The van der Waals surface area contributed by atoms with Crippen molar-refractivity contribution in [3.8, 4) is 0 Å². The molecule has 0 aromatic rings. The summed E-state index contributed by atoms with van der Waals surface area (Å²) >= 11 is 0. The van der Waals surface area contributed by atoms with Crippen LogP contribution in [0, 0.1) is 0 Å². The quantitative estimate of drug-likeness (QED) is 0.0258. The van der Waals surface area contributed by atoms with Crippen molar-refractivity contribution in [2.75, 3.05) is 39.5 Å². The molecule has 0 aromatic carbocycles. The van der Waals surface area contributed by atoms with E-state index in [1.54, 1.807) is 0 Å². The third kappa shape index (κ3) is 44.3. The van der Waals surface area contributed by atoms with Crippen LogP contribution in [0.3, 0.4) is 0 Å². The molecule has 2 atom stereocenters. The third-order valence-corrected chi connectivity index (χ3v) is 11.4. The molecule has 2 amide bonds. The van der Waals surface area contributed by atoms with Gasteiger partial charge in [-0.2, -0.15) is 0 Å². The molecule has 2 unspecified atom stereocenters. The van der Waals surface area contributed by atoms with Crippen LogP contribution in [0.15, 0.2) is 0 Å². The zero-order valence-corrected chi connectivity index (χ0v) is 39.7. The lowest BCUT2D eigenvalue weighted by atomic mass is 10.0. The zero-order valence-electron chi connectivity index (χ0n) is 38.0. The molecule has 13 nitrogen and oxygen atoms in total. The average Bonchev–Trinajstić information content (AvgIpc) is 3.22. The number of carbonyl (C=O) groups excluding carboxylic acids is 4. The van der Waals surface area contributed by atoms with Gasteiger partial charge >= 0.3 is 19.8 Å². The van der Waals surface area contributed by atoms with E-state index >= 15 is 0 Å². The summed E-state index contributed by atoms with van der Waals surface area (Å²) in [5, 5.41) is 4.73. The van der Waals surface area contributed by atoms with E-state index in [-0.39, 0.29) is 58.1 Å². The molecule has 0 aliphatic rings. The highest BCUT2D eigenvalue weighted by Gasteiger charge is 2.26. The number of phosphoric acid groups is 1.